The fourth-order valence-corrected chi connectivity index (χ4v) is 1.69. The largest absolute Gasteiger partial charge is 0.477 e. The maximum atomic E-state index is 11.1. The second kappa shape index (κ2) is 5.25. The Morgan fingerprint density at radius 2 is 2.31 bits per heavy atom. The first-order valence-electron chi connectivity index (χ1n) is 5.01. The Hall–Kier alpha value is -1.17. The molecule has 1 heterocycles. The number of aryl methyl sites for hydroxylation is 2. The van der Waals surface area contributed by atoms with Gasteiger partial charge in [-0.15, -0.1) is 0 Å². The van der Waals surface area contributed by atoms with Gasteiger partial charge in [-0.2, -0.15) is 16.9 Å². The van der Waals surface area contributed by atoms with Gasteiger partial charge < -0.3 is 10.4 Å². The van der Waals surface area contributed by atoms with Crippen LogP contribution in [0.25, 0.3) is 0 Å². The number of carboxylic acids is 1. The maximum Gasteiger partial charge on any atom is 0.341 e. The highest BCUT2D eigenvalue weighted by Crippen LogP contribution is 2.19. The molecule has 0 aliphatic heterocycles. The number of nitrogens with zero attached hydrogens (tertiary/aromatic N) is 2. The molecule has 2 N–H and O–H groups in total. The molecule has 5 nitrogen and oxygen atoms in total. The normalized spacial score (nSPS) is 12.5. The number of aromatic nitrogens is 2. The first kappa shape index (κ1) is 12.9. The number of carbonyl (C=O) groups is 1. The van der Waals surface area contributed by atoms with Crippen LogP contribution < -0.4 is 5.32 Å². The van der Waals surface area contributed by atoms with E-state index in [2.05, 4.69) is 17.3 Å². The van der Waals surface area contributed by atoms with Crippen molar-refractivity contribution in [3.05, 3.63) is 11.3 Å². The fourth-order valence-electron chi connectivity index (χ4n) is 1.44. The predicted octanol–water partition coefficient (Wildman–Crippen LogP) is 1.59. The topological polar surface area (TPSA) is 67.2 Å². The van der Waals surface area contributed by atoms with E-state index >= 15 is 0 Å². The number of aromatic carboxylic acids is 1. The molecule has 0 radical (unpaired) electrons. The molecule has 0 spiro atoms. The monoisotopic (exact) mass is 243 g/mol. The lowest BCUT2D eigenvalue weighted by molar-refractivity contribution is 0.0697. The molecule has 0 bridgehead atoms. The first-order valence-corrected chi connectivity index (χ1v) is 6.29. The van der Waals surface area contributed by atoms with Crippen LogP contribution in [-0.4, -0.2) is 38.9 Å². The predicted molar refractivity (Wildman–Crippen MR) is 66.4 cm³/mol. The van der Waals surface area contributed by atoms with Crippen molar-refractivity contribution >= 4 is 23.5 Å². The second-order valence-electron chi connectivity index (χ2n) is 3.66. The van der Waals surface area contributed by atoms with Gasteiger partial charge in [0.05, 0.1) is 5.69 Å². The van der Waals surface area contributed by atoms with Crippen LogP contribution in [-0.2, 0) is 7.05 Å². The third-order valence-electron chi connectivity index (χ3n) is 2.40. The van der Waals surface area contributed by atoms with Crippen molar-refractivity contribution in [3.8, 4) is 0 Å². The molecular formula is C10H17N3O2S. The summed E-state index contributed by atoms with van der Waals surface area (Å²) < 4.78 is 1.58. The Morgan fingerprint density at radius 1 is 1.69 bits per heavy atom. The van der Waals surface area contributed by atoms with Crippen LogP contribution >= 0.6 is 11.8 Å². The number of nitrogens with one attached hydrogen (secondary N) is 1. The van der Waals surface area contributed by atoms with Gasteiger partial charge in [0.1, 0.15) is 11.4 Å². The van der Waals surface area contributed by atoms with Crippen LogP contribution in [0, 0.1) is 6.92 Å². The van der Waals surface area contributed by atoms with E-state index in [9.17, 15) is 4.79 Å². The lowest BCUT2D eigenvalue weighted by Gasteiger charge is -2.11. The zero-order valence-electron chi connectivity index (χ0n) is 9.94. The highest BCUT2D eigenvalue weighted by molar-refractivity contribution is 7.99. The number of thioether (sulfide) groups is 1. The Morgan fingerprint density at radius 3 is 2.81 bits per heavy atom. The molecule has 0 amide bonds. The molecular weight excluding hydrogens is 226 g/mol. The van der Waals surface area contributed by atoms with Gasteiger partial charge in [-0.3, -0.25) is 4.68 Å². The van der Waals surface area contributed by atoms with Crippen molar-refractivity contribution in [2.45, 2.75) is 19.1 Å². The first-order chi connectivity index (χ1) is 7.47. The molecule has 0 aromatic carbocycles. The summed E-state index contributed by atoms with van der Waals surface area (Å²) in [6.45, 7) is 4.51. The number of anilines is 1. The molecule has 1 aromatic heterocycles. The summed E-state index contributed by atoms with van der Waals surface area (Å²) in [4.78, 5) is 11.1. The van der Waals surface area contributed by atoms with Crippen LogP contribution in [0.1, 0.15) is 23.0 Å². The smallest absolute Gasteiger partial charge is 0.341 e. The van der Waals surface area contributed by atoms with Crippen LogP contribution in [0.15, 0.2) is 0 Å². The Labute approximate surface area is 99.2 Å². The Bertz CT molecular complexity index is 390. The van der Waals surface area contributed by atoms with Gasteiger partial charge in [-0.1, -0.05) is 6.92 Å². The van der Waals surface area contributed by atoms with Crippen molar-refractivity contribution in [1.82, 2.24) is 9.78 Å². The average molecular weight is 243 g/mol. The molecule has 6 heteroatoms. The van der Waals surface area contributed by atoms with Crippen molar-refractivity contribution in [1.29, 1.82) is 0 Å². The minimum absolute atomic E-state index is 0.260. The zero-order valence-corrected chi connectivity index (χ0v) is 10.8. The third kappa shape index (κ3) is 2.69. The van der Waals surface area contributed by atoms with E-state index in [1.165, 1.54) is 0 Å². The van der Waals surface area contributed by atoms with Crippen molar-refractivity contribution in [2.75, 3.05) is 18.1 Å². The number of carboxylic acid groups (broad SMARTS) is 1. The van der Waals surface area contributed by atoms with Gasteiger partial charge >= 0.3 is 5.97 Å². The number of hydrogen-bond acceptors (Lipinski definition) is 4. The van der Waals surface area contributed by atoms with Crippen LogP contribution in [0.4, 0.5) is 5.82 Å². The summed E-state index contributed by atoms with van der Waals surface area (Å²) in [6.07, 6.45) is 2.03. The van der Waals surface area contributed by atoms with E-state index in [4.69, 9.17) is 5.11 Å². The summed E-state index contributed by atoms with van der Waals surface area (Å²) in [7, 11) is 1.74. The van der Waals surface area contributed by atoms with Gasteiger partial charge in [0.15, 0.2) is 0 Å². The van der Waals surface area contributed by atoms with Crippen LogP contribution in [0.5, 0.6) is 0 Å². The van der Waals surface area contributed by atoms with Crippen molar-refractivity contribution in [3.63, 3.8) is 0 Å². The van der Waals surface area contributed by atoms with Gasteiger partial charge in [-0.25, -0.2) is 4.79 Å². The fraction of sp³-hybridized carbons (Fsp3) is 0.600. The number of hydrogen-bond donors (Lipinski definition) is 2. The molecule has 1 aromatic rings. The molecule has 0 saturated heterocycles. The molecule has 0 aliphatic rings. The Balaban J connectivity index is 2.90. The summed E-state index contributed by atoms with van der Waals surface area (Å²) in [6, 6.07) is 0. The van der Waals surface area contributed by atoms with E-state index < -0.39 is 5.97 Å². The van der Waals surface area contributed by atoms with Gasteiger partial charge in [0, 0.05) is 18.8 Å². The SMILES string of the molecule is CSC(C)CNc1c(C(=O)O)c(C)nn1C. The highest BCUT2D eigenvalue weighted by Gasteiger charge is 2.19. The summed E-state index contributed by atoms with van der Waals surface area (Å²) in [5, 5.41) is 16.7. The second-order valence-corrected chi connectivity index (χ2v) is 4.94. The molecule has 1 unspecified atom stereocenters. The van der Waals surface area contributed by atoms with Gasteiger partial charge in [0.2, 0.25) is 0 Å². The lowest BCUT2D eigenvalue weighted by atomic mass is 10.2. The average Bonchev–Trinajstić information content (AvgIpc) is 2.49. The van der Waals surface area contributed by atoms with Crippen molar-refractivity contribution in [2.24, 2.45) is 7.05 Å². The lowest BCUT2D eigenvalue weighted by Crippen LogP contribution is -2.16. The Kier molecular flexibility index (Phi) is 4.23. The summed E-state index contributed by atoms with van der Waals surface area (Å²) in [5.41, 5.74) is 0.796. The zero-order chi connectivity index (χ0) is 12.3. The molecule has 1 rings (SSSR count). The molecule has 0 fully saturated rings. The van der Waals surface area contributed by atoms with Crippen LogP contribution in [0.3, 0.4) is 0 Å². The van der Waals surface area contributed by atoms with Gasteiger partial charge in [0.25, 0.3) is 0 Å². The van der Waals surface area contributed by atoms with E-state index in [-0.39, 0.29) is 5.56 Å². The molecule has 16 heavy (non-hydrogen) atoms. The standard InChI is InChI=1S/C10H17N3O2S/c1-6(16-4)5-11-9-8(10(14)15)7(2)12-13(9)3/h6,11H,5H2,1-4H3,(H,14,15). The van der Waals surface area contributed by atoms with E-state index in [1.807, 2.05) is 6.26 Å². The highest BCUT2D eigenvalue weighted by atomic mass is 32.2. The minimum atomic E-state index is -0.940. The quantitative estimate of drug-likeness (QED) is 0.822. The maximum absolute atomic E-state index is 11.1. The molecule has 1 atom stereocenters. The summed E-state index contributed by atoms with van der Waals surface area (Å²) >= 11 is 1.73. The number of rotatable bonds is 5. The van der Waals surface area contributed by atoms with E-state index in [0.29, 0.717) is 16.8 Å². The minimum Gasteiger partial charge on any atom is -0.477 e. The third-order valence-corrected chi connectivity index (χ3v) is 3.37. The summed E-state index contributed by atoms with van der Waals surface area (Å²) in [5.74, 6) is -0.365. The van der Waals surface area contributed by atoms with Gasteiger partial charge in [-0.05, 0) is 13.2 Å². The van der Waals surface area contributed by atoms with E-state index in [0.717, 1.165) is 6.54 Å². The molecule has 0 aliphatic carbocycles. The van der Waals surface area contributed by atoms with Crippen molar-refractivity contribution < 1.29 is 9.90 Å². The van der Waals surface area contributed by atoms with Crippen LogP contribution in [0.2, 0.25) is 0 Å². The van der Waals surface area contributed by atoms with E-state index in [1.54, 1.807) is 30.4 Å². The molecule has 90 valence electrons. The molecule has 0 saturated carbocycles.